The van der Waals surface area contributed by atoms with Crippen LogP contribution in [0.25, 0.3) is 5.69 Å². The summed E-state index contributed by atoms with van der Waals surface area (Å²) in [6.45, 7) is 0.709. The minimum Gasteiger partial charge on any atom is -0.493 e. The van der Waals surface area contributed by atoms with Gasteiger partial charge in [-0.3, -0.25) is 9.36 Å². The lowest BCUT2D eigenvalue weighted by Gasteiger charge is -2.18. The smallest absolute Gasteiger partial charge is 0.258 e. The van der Waals surface area contributed by atoms with Crippen LogP contribution < -0.4 is 9.64 Å². The molecule has 6 heteroatoms. The van der Waals surface area contributed by atoms with E-state index >= 15 is 0 Å². The van der Waals surface area contributed by atoms with E-state index in [1.165, 1.54) is 0 Å². The monoisotopic (exact) mass is 320 g/mol. The molecule has 0 atom stereocenters. The van der Waals surface area contributed by atoms with Crippen molar-refractivity contribution in [3.63, 3.8) is 0 Å². The highest BCUT2D eigenvalue weighted by molar-refractivity contribution is 6.05. The zero-order valence-electron chi connectivity index (χ0n) is 13.2. The zero-order chi connectivity index (χ0) is 16.5. The molecule has 0 N–H and O–H groups in total. The maximum Gasteiger partial charge on any atom is 0.258 e. The number of hydrogen-bond donors (Lipinski definition) is 0. The first-order valence-corrected chi connectivity index (χ1v) is 7.71. The average molecular weight is 320 g/mol. The summed E-state index contributed by atoms with van der Waals surface area (Å²) in [5, 5.41) is 7.56. The highest BCUT2D eigenvalue weighted by Crippen LogP contribution is 2.29. The van der Waals surface area contributed by atoms with Crippen LogP contribution in [0.5, 0.6) is 5.75 Å². The highest BCUT2D eigenvalue weighted by atomic mass is 16.5. The Morgan fingerprint density at radius 1 is 1.12 bits per heavy atom. The van der Waals surface area contributed by atoms with Gasteiger partial charge in [0, 0.05) is 30.4 Å². The number of anilines is 1. The Kier molecular flexibility index (Phi) is 3.49. The summed E-state index contributed by atoms with van der Waals surface area (Å²) in [5.41, 5.74) is 3.56. The van der Waals surface area contributed by atoms with Gasteiger partial charge in [0.2, 0.25) is 0 Å². The van der Waals surface area contributed by atoms with Crippen molar-refractivity contribution in [1.82, 2.24) is 14.8 Å². The number of rotatable bonds is 3. The first kappa shape index (κ1) is 14.4. The normalized spacial score (nSPS) is 12.5. The molecular formula is C18H16N4O2. The van der Waals surface area contributed by atoms with E-state index in [1.54, 1.807) is 29.2 Å². The van der Waals surface area contributed by atoms with Crippen LogP contribution in [0.2, 0.25) is 0 Å². The molecule has 1 aliphatic rings. The summed E-state index contributed by atoms with van der Waals surface area (Å²) in [6.07, 6.45) is 4.13. The Morgan fingerprint density at radius 3 is 2.62 bits per heavy atom. The first-order valence-electron chi connectivity index (χ1n) is 7.71. The fourth-order valence-electron chi connectivity index (χ4n) is 2.80. The fourth-order valence-corrected chi connectivity index (χ4v) is 2.80. The molecule has 1 amide bonds. The molecule has 24 heavy (non-hydrogen) atoms. The molecule has 120 valence electrons. The number of benzene rings is 2. The molecule has 0 spiro atoms. The molecular weight excluding hydrogens is 304 g/mol. The molecule has 1 aromatic heterocycles. The Bertz CT molecular complexity index is 873. The molecule has 2 heterocycles. The molecule has 0 saturated heterocycles. The number of fused-ring (bicyclic) bond motifs is 1. The van der Waals surface area contributed by atoms with Crippen LogP contribution in [0.3, 0.4) is 0 Å². The first-order chi connectivity index (χ1) is 11.7. The Labute approximate surface area is 139 Å². The van der Waals surface area contributed by atoms with E-state index in [2.05, 4.69) is 10.2 Å². The summed E-state index contributed by atoms with van der Waals surface area (Å²) in [6, 6.07) is 13.2. The maximum atomic E-state index is 12.7. The molecule has 0 unspecified atom stereocenters. The largest absolute Gasteiger partial charge is 0.493 e. The van der Waals surface area contributed by atoms with Gasteiger partial charge in [-0.1, -0.05) is 0 Å². The molecule has 4 rings (SSSR count). The fraction of sp³-hybridized carbons (Fsp3) is 0.167. The van der Waals surface area contributed by atoms with Crippen LogP contribution in [-0.4, -0.2) is 34.3 Å². The number of carbonyl (C=O) groups excluding carboxylic acids is 1. The second-order valence-electron chi connectivity index (χ2n) is 5.67. The van der Waals surface area contributed by atoms with Gasteiger partial charge in [0.25, 0.3) is 5.91 Å². The van der Waals surface area contributed by atoms with Crippen molar-refractivity contribution < 1.29 is 9.53 Å². The zero-order valence-corrected chi connectivity index (χ0v) is 13.2. The van der Waals surface area contributed by atoms with E-state index < -0.39 is 0 Å². The van der Waals surface area contributed by atoms with E-state index in [4.69, 9.17) is 4.74 Å². The number of ether oxygens (including phenoxy) is 1. The van der Waals surface area contributed by atoms with Gasteiger partial charge in [-0.05, 0) is 48.0 Å². The predicted molar refractivity (Wildman–Crippen MR) is 89.7 cm³/mol. The second kappa shape index (κ2) is 5.81. The third-order valence-electron chi connectivity index (χ3n) is 4.20. The topological polar surface area (TPSA) is 60.2 Å². The summed E-state index contributed by atoms with van der Waals surface area (Å²) < 4.78 is 7.30. The van der Waals surface area contributed by atoms with Gasteiger partial charge in [-0.25, -0.2) is 0 Å². The summed E-state index contributed by atoms with van der Waals surface area (Å²) in [7, 11) is 1.79. The van der Waals surface area contributed by atoms with Crippen molar-refractivity contribution in [1.29, 1.82) is 0 Å². The highest BCUT2D eigenvalue weighted by Gasteiger charge is 2.17. The lowest BCUT2D eigenvalue weighted by atomic mass is 10.1. The van der Waals surface area contributed by atoms with Gasteiger partial charge in [0.05, 0.1) is 6.61 Å². The molecule has 0 radical (unpaired) electrons. The van der Waals surface area contributed by atoms with Gasteiger partial charge in [-0.2, -0.15) is 0 Å². The lowest BCUT2D eigenvalue weighted by molar-refractivity contribution is 0.0993. The van der Waals surface area contributed by atoms with Crippen molar-refractivity contribution in [2.45, 2.75) is 6.42 Å². The molecule has 1 aliphatic heterocycles. The minimum absolute atomic E-state index is 0.0517. The minimum atomic E-state index is -0.0517. The molecule has 3 aromatic rings. The van der Waals surface area contributed by atoms with Gasteiger partial charge >= 0.3 is 0 Å². The van der Waals surface area contributed by atoms with Crippen LogP contribution in [-0.2, 0) is 6.42 Å². The Morgan fingerprint density at radius 2 is 1.88 bits per heavy atom. The SMILES string of the molecule is CN(C(=O)c1ccc(-n2cnnc2)cc1)c1ccc2c(c1)CCO2. The number of carbonyl (C=O) groups is 1. The van der Waals surface area contributed by atoms with E-state index in [9.17, 15) is 4.79 Å². The van der Waals surface area contributed by atoms with E-state index in [0.29, 0.717) is 12.2 Å². The number of amides is 1. The van der Waals surface area contributed by atoms with E-state index in [0.717, 1.165) is 29.1 Å². The standard InChI is InChI=1S/C18H16N4O2/c1-21(16-6-7-17-14(10-16)8-9-24-17)18(23)13-2-4-15(5-3-13)22-11-19-20-12-22/h2-7,10-12H,8-9H2,1H3. The van der Waals surface area contributed by atoms with Crippen molar-refractivity contribution in [3.05, 3.63) is 66.2 Å². The molecule has 2 aromatic carbocycles. The molecule has 6 nitrogen and oxygen atoms in total. The van der Waals surface area contributed by atoms with E-state index in [1.807, 2.05) is 42.5 Å². The van der Waals surface area contributed by atoms with Crippen LogP contribution in [0.4, 0.5) is 5.69 Å². The van der Waals surface area contributed by atoms with Crippen LogP contribution in [0, 0.1) is 0 Å². The van der Waals surface area contributed by atoms with Crippen LogP contribution in [0.15, 0.2) is 55.1 Å². The van der Waals surface area contributed by atoms with Gasteiger partial charge in [0.15, 0.2) is 0 Å². The molecule has 0 saturated carbocycles. The van der Waals surface area contributed by atoms with Gasteiger partial charge < -0.3 is 9.64 Å². The number of hydrogen-bond acceptors (Lipinski definition) is 4. The summed E-state index contributed by atoms with van der Waals surface area (Å²) in [4.78, 5) is 14.4. The van der Waals surface area contributed by atoms with Crippen molar-refractivity contribution >= 4 is 11.6 Å². The summed E-state index contributed by atoms with van der Waals surface area (Å²) >= 11 is 0. The average Bonchev–Trinajstić information content (AvgIpc) is 3.31. The van der Waals surface area contributed by atoms with Crippen LogP contribution >= 0.6 is 0 Å². The maximum absolute atomic E-state index is 12.7. The van der Waals surface area contributed by atoms with Crippen LogP contribution in [0.1, 0.15) is 15.9 Å². The quantitative estimate of drug-likeness (QED) is 0.744. The predicted octanol–water partition coefficient (Wildman–Crippen LogP) is 2.48. The van der Waals surface area contributed by atoms with Gasteiger partial charge in [-0.15, -0.1) is 10.2 Å². The number of aromatic nitrogens is 3. The van der Waals surface area contributed by atoms with Crippen molar-refractivity contribution in [2.75, 3.05) is 18.6 Å². The molecule has 0 aliphatic carbocycles. The second-order valence-corrected chi connectivity index (χ2v) is 5.67. The molecule has 0 fully saturated rings. The number of nitrogens with zero attached hydrogens (tertiary/aromatic N) is 4. The lowest BCUT2D eigenvalue weighted by Crippen LogP contribution is -2.26. The Balaban J connectivity index is 1.56. The summed E-state index contributed by atoms with van der Waals surface area (Å²) in [5.74, 6) is 0.863. The van der Waals surface area contributed by atoms with E-state index in [-0.39, 0.29) is 5.91 Å². The van der Waals surface area contributed by atoms with Crippen molar-refractivity contribution in [3.8, 4) is 11.4 Å². The Hall–Kier alpha value is -3.15. The van der Waals surface area contributed by atoms with Crippen molar-refractivity contribution in [2.24, 2.45) is 0 Å². The third-order valence-corrected chi connectivity index (χ3v) is 4.20. The van der Waals surface area contributed by atoms with Gasteiger partial charge in [0.1, 0.15) is 18.4 Å². The molecule has 0 bridgehead atoms. The third kappa shape index (κ3) is 2.52.